The van der Waals surface area contributed by atoms with E-state index in [1.807, 2.05) is 30.3 Å². The first-order valence-corrected chi connectivity index (χ1v) is 13.8. The third kappa shape index (κ3) is 5.48. The molecule has 1 aliphatic heterocycles. The summed E-state index contributed by atoms with van der Waals surface area (Å²) in [7, 11) is 0. The number of fused-ring (bicyclic) bond motifs is 1. The Labute approximate surface area is 225 Å². The quantitative estimate of drug-likeness (QED) is 0.401. The van der Waals surface area contributed by atoms with E-state index in [2.05, 4.69) is 20.0 Å². The van der Waals surface area contributed by atoms with Crippen molar-refractivity contribution in [2.24, 2.45) is 0 Å². The molecule has 0 spiro atoms. The zero-order chi connectivity index (χ0) is 26.6. The van der Waals surface area contributed by atoms with Crippen LogP contribution < -0.4 is 21.3 Å². The van der Waals surface area contributed by atoms with Crippen LogP contribution in [0.3, 0.4) is 0 Å². The fourth-order valence-corrected chi connectivity index (χ4v) is 5.78. The zero-order valence-corrected chi connectivity index (χ0v) is 22.1. The topological polar surface area (TPSA) is 140 Å². The van der Waals surface area contributed by atoms with E-state index < -0.39 is 11.9 Å². The third-order valence-electron chi connectivity index (χ3n) is 7.20. The SMILES string of the molecule is CC(C(=O)NCC1CCCO1)N(C(=O)c1snc(C(=O)NC2CCCC2)c1N)c1cnc2ccccc2c1. The first kappa shape index (κ1) is 26.1. The van der Waals surface area contributed by atoms with Crippen LogP contribution in [0.1, 0.15) is 65.6 Å². The molecule has 10 nitrogen and oxygen atoms in total. The van der Waals surface area contributed by atoms with Crippen molar-refractivity contribution in [3.63, 3.8) is 0 Å². The van der Waals surface area contributed by atoms with Crippen LogP contribution in [0.2, 0.25) is 0 Å². The predicted octanol–water partition coefficient (Wildman–Crippen LogP) is 3.28. The first-order chi connectivity index (χ1) is 18.4. The van der Waals surface area contributed by atoms with E-state index in [9.17, 15) is 14.4 Å². The number of carbonyl (C=O) groups is 3. The van der Waals surface area contributed by atoms with Crippen LogP contribution in [-0.2, 0) is 9.53 Å². The molecule has 1 saturated heterocycles. The molecule has 3 heterocycles. The van der Waals surface area contributed by atoms with Gasteiger partial charge in [-0.25, -0.2) is 0 Å². The van der Waals surface area contributed by atoms with Gasteiger partial charge in [-0.3, -0.25) is 24.3 Å². The summed E-state index contributed by atoms with van der Waals surface area (Å²) in [6, 6.07) is 8.56. The molecular formula is C27H32N6O4S. The Morgan fingerprint density at radius 3 is 2.74 bits per heavy atom. The smallest absolute Gasteiger partial charge is 0.273 e. The molecule has 1 aromatic carbocycles. The molecule has 2 aliphatic rings. The number of anilines is 2. The number of ether oxygens (including phenoxy) is 1. The molecule has 5 rings (SSSR count). The second-order valence-electron chi connectivity index (χ2n) is 9.85. The number of nitrogens with two attached hydrogens (primary N) is 1. The number of hydrogen-bond donors (Lipinski definition) is 3. The lowest BCUT2D eigenvalue weighted by atomic mass is 10.1. The monoisotopic (exact) mass is 536 g/mol. The molecule has 3 amide bonds. The summed E-state index contributed by atoms with van der Waals surface area (Å²) in [6.07, 6.45) is 7.36. The van der Waals surface area contributed by atoms with Gasteiger partial charge in [0, 0.05) is 24.6 Å². The highest BCUT2D eigenvalue weighted by atomic mass is 32.1. The van der Waals surface area contributed by atoms with Crippen LogP contribution in [0, 0.1) is 0 Å². The average Bonchev–Trinajstić information content (AvgIpc) is 3.70. The minimum Gasteiger partial charge on any atom is -0.395 e. The normalized spacial score (nSPS) is 18.4. The van der Waals surface area contributed by atoms with Crippen LogP contribution in [0.5, 0.6) is 0 Å². The van der Waals surface area contributed by atoms with Gasteiger partial charge in [-0.1, -0.05) is 31.0 Å². The Kier molecular flexibility index (Phi) is 7.85. The number of nitrogens with one attached hydrogen (secondary N) is 2. The van der Waals surface area contributed by atoms with Gasteiger partial charge in [-0.05, 0) is 56.3 Å². The number of aromatic nitrogens is 2. The minimum absolute atomic E-state index is 0.0150. The average molecular weight is 537 g/mol. The van der Waals surface area contributed by atoms with Gasteiger partial charge < -0.3 is 21.1 Å². The number of benzene rings is 1. The number of para-hydroxylation sites is 1. The number of pyridine rings is 1. The van der Waals surface area contributed by atoms with Gasteiger partial charge in [0.15, 0.2) is 5.69 Å². The highest BCUT2D eigenvalue weighted by molar-refractivity contribution is 7.09. The molecule has 1 aliphatic carbocycles. The summed E-state index contributed by atoms with van der Waals surface area (Å²) in [5, 5.41) is 6.70. The van der Waals surface area contributed by atoms with Crippen LogP contribution in [0.15, 0.2) is 36.5 Å². The Bertz CT molecular complexity index is 1330. The van der Waals surface area contributed by atoms with Crippen LogP contribution in [-0.4, -0.2) is 58.4 Å². The van der Waals surface area contributed by atoms with Gasteiger partial charge in [0.25, 0.3) is 11.8 Å². The molecule has 11 heteroatoms. The van der Waals surface area contributed by atoms with Crippen molar-refractivity contribution in [1.82, 2.24) is 20.0 Å². The van der Waals surface area contributed by atoms with Gasteiger partial charge in [-0.15, -0.1) is 0 Å². The Morgan fingerprint density at radius 1 is 1.18 bits per heavy atom. The van der Waals surface area contributed by atoms with E-state index >= 15 is 0 Å². The van der Waals surface area contributed by atoms with E-state index in [1.54, 1.807) is 13.1 Å². The summed E-state index contributed by atoms with van der Waals surface area (Å²) in [4.78, 5) is 46.0. The molecule has 200 valence electrons. The summed E-state index contributed by atoms with van der Waals surface area (Å²) >= 11 is 0.861. The maximum atomic E-state index is 13.9. The molecule has 4 N–H and O–H groups in total. The van der Waals surface area contributed by atoms with Gasteiger partial charge in [0.05, 0.1) is 29.2 Å². The minimum atomic E-state index is -0.885. The van der Waals surface area contributed by atoms with Gasteiger partial charge in [0.1, 0.15) is 10.9 Å². The van der Waals surface area contributed by atoms with E-state index in [-0.39, 0.29) is 40.2 Å². The maximum absolute atomic E-state index is 13.9. The molecule has 3 aromatic rings. The molecule has 2 fully saturated rings. The number of rotatable bonds is 8. The second-order valence-corrected chi connectivity index (χ2v) is 10.6. The van der Waals surface area contributed by atoms with E-state index in [0.29, 0.717) is 18.8 Å². The standard InChI is InChI=1S/C27H32N6O4S/c1-16(25(34)30-15-20-10-6-12-37-20)33(19-13-17-7-2-5-11-21(17)29-14-19)27(36)24-22(28)23(32-38-24)26(35)31-18-8-3-4-9-18/h2,5,7,11,13-14,16,18,20H,3-4,6,8-10,12,15,28H2,1H3,(H,30,34)(H,31,35). The number of nitrogen functional groups attached to an aromatic ring is 1. The molecule has 38 heavy (non-hydrogen) atoms. The highest BCUT2D eigenvalue weighted by Gasteiger charge is 2.33. The van der Waals surface area contributed by atoms with Crippen molar-refractivity contribution in [3.8, 4) is 0 Å². The highest BCUT2D eigenvalue weighted by Crippen LogP contribution is 2.29. The zero-order valence-electron chi connectivity index (χ0n) is 21.3. The van der Waals surface area contributed by atoms with Crippen molar-refractivity contribution in [2.75, 3.05) is 23.8 Å². The maximum Gasteiger partial charge on any atom is 0.273 e. The number of amides is 3. The fraction of sp³-hybridized carbons (Fsp3) is 0.444. The molecular weight excluding hydrogens is 504 g/mol. The number of nitrogens with zero attached hydrogens (tertiary/aromatic N) is 3. The van der Waals surface area contributed by atoms with Gasteiger partial charge in [0.2, 0.25) is 5.91 Å². The van der Waals surface area contributed by atoms with Crippen molar-refractivity contribution in [1.29, 1.82) is 0 Å². The van der Waals surface area contributed by atoms with Gasteiger partial charge >= 0.3 is 0 Å². The number of hydrogen-bond acceptors (Lipinski definition) is 8. The summed E-state index contributed by atoms with van der Waals surface area (Å²) < 4.78 is 9.84. The van der Waals surface area contributed by atoms with Crippen molar-refractivity contribution in [3.05, 3.63) is 47.1 Å². The Morgan fingerprint density at radius 2 is 1.97 bits per heavy atom. The fourth-order valence-electron chi connectivity index (χ4n) is 5.04. The van der Waals surface area contributed by atoms with Crippen LogP contribution in [0.4, 0.5) is 11.4 Å². The Hall–Kier alpha value is -3.57. The van der Waals surface area contributed by atoms with Crippen LogP contribution in [0.25, 0.3) is 10.9 Å². The summed E-state index contributed by atoms with van der Waals surface area (Å²) in [6.45, 7) is 2.71. The lowest BCUT2D eigenvalue weighted by molar-refractivity contribution is -0.122. The van der Waals surface area contributed by atoms with Crippen molar-refractivity contribution < 1.29 is 19.1 Å². The van der Waals surface area contributed by atoms with E-state index in [1.165, 1.54) is 4.90 Å². The largest absolute Gasteiger partial charge is 0.395 e. The van der Waals surface area contributed by atoms with Gasteiger partial charge in [-0.2, -0.15) is 4.37 Å². The van der Waals surface area contributed by atoms with Crippen molar-refractivity contribution >= 4 is 51.5 Å². The van der Waals surface area contributed by atoms with E-state index in [0.717, 1.165) is 61.0 Å². The predicted molar refractivity (Wildman–Crippen MR) is 146 cm³/mol. The van der Waals surface area contributed by atoms with Crippen LogP contribution >= 0.6 is 11.5 Å². The molecule has 0 bridgehead atoms. The Balaban J connectivity index is 1.43. The number of carbonyl (C=O) groups excluding carboxylic acids is 3. The lowest BCUT2D eigenvalue weighted by Gasteiger charge is -2.28. The summed E-state index contributed by atoms with van der Waals surface area (Å²) in [5.41, 5.74) is 7.57. The third-order valence-corrected chi connectivity index (χ3v) is 8.05. The molecule has 2 unspecified atom stereocenters. The van der Waals surface area contributed by atoms with Crippen molar-refractivity contribution in [2.45, 2.75) is 63.6 Å². The molecule has 2 aromatic heterocycles. The molecule has 0 radical (unpaired) electrons. The van der Waals surface area contributed by atoms with E-state index in [4.69, 9.17) is 10.5 Å². The summed E-state index contributed by atoms with van der Waals surface area (Å²) in [5.74, 6) is -1.23. The molecule has 2 atom stereocenters. The second kappa shape index (κ2) is 11.4. The lowest BCUT2D eigenvalue weighted by Crippen LogP contribution is -2.49. The molecule has 1 saturated carbocycles. The first-order valence-electron chi connectivity index (χ1n) is 13.1.